The Kier molecular flexibility index (Phi) is 5.30. The highest BCUT2D eigenvalue weighted by atomic mass is 16.5. The van der Waals surface area contributed by atoms with Crippen molar-refractivity contribution in [3.8, 4) is 22.6 Å². The van der Waals surface area contributed by atoms with Crippen LogP contribution in [0.4, 0.5) is 0 Å². The van der Waals surface area contributed by atoms with Gasteiger partial charge in [0.1, 0.15) is 17.6 Å². The van der Waals surface area contributed by atoms with E-state index in [-0.39, 0.29) is 17.3 Å². The fourth-order valence-electron chi connectivity index (χ4n) is 5.74. The van der Waals surface area contributed by atoms with E-state index in [1.807, 2.05) is 18.2 Å². The molecule has 30 heavy (non-hydrogen) atoms. The van der Waals surface area contributed by atoms with Crippen LogP contribution in [0.15, 0.2) is 61.7 Å². The predicted molar refractivity (Wildman–Crippen MR) is 125 cm³/mol. The molecule has 0 aromatic heterocycles. The highest BCUT2D eigenvalue weighted by Crippen LogP contribution is 2.66. The lowest BCUT2D eigenvalue weighted by atomic mass is 9.70. The summed E-state index contributed by atoms with van der Waals surface area (Å²) in [5, 5.41) is 10.7. The molecule has 0 aliphatic heterocycles. The van der Waals surface area contributed by atoms with Crippen molar-refractivity contribution >= 4 is 0 Å². The second-order valence-corrected chi connectivity index (χ2v) is 9.88. The molecule has 2 bridgehead atoms. The lowest BCUT2D eigenvalue weighted by Gasteiger charge is -2.39. The Morgan fingerprint density at radius 1 is 1.00 bits per heavy atom. The summed E-state index contributed by atoms with van der Waals surface area (Å²) in [7, 11) is 0. The number of hydrogen-bond donors (Lipinski definition) is 1. The lowest BCUT2D eigenvalue weighted by molar-refractivity contribution is 0.0305. The third-order valence-corrected chi connectivity index (χ3v) is 8.14. The van der Waals surface area contributed by atoms with Gasteiger partial charge in [-0.3, -0.25) is 0 Å². The van der Waals surface area contributed by atoms with Gasteiger partial charge < -0.3 is 9.84 Å². The maximum absolute atomic E-state index is 10.7. The van der Waals surface area contributed by atoms with Crippen molar-refractivity contribution in [2.45, 2.75) is 59.0 Å². The molecule has 3 atom stereocenters. The number of aromatic hydroxyl groups is 1. The van der Waals surface area contributed by atoms with Gasteiger partial charge in [-0.05, 0) is 78.8 Å². The molecule has 2 nitrogen and oxygen atoms in total. The number of benzene rings is 2. The molecule has 0 saturated heterocycles. The van der Waals surface area contributed by atoms with Crippen LogP contribution in [0.25, 0.3) is 11.1 Å². The summed E-state index contributed by atoms with van der Waals surface area (Å²) < 4.78 is 6.76. The number of hydrogen-bond acceptors (Lipinski definition) is 2. The molecular weight excluding hydrogens is 368 g/mol. The van der Waals surface area contributed by atoms with Crippen molar-refractivity contribution in [3.63, 3.8) is 0 Å². The second kappa shape index (κ2) is 7.65. The molecule has 2 saturated carbocycles. The molecule has 0 heterocycles. The van der Waals surface area contributed by atoms with Crippen LogP contribution < -0.4 is 4.74 Å². The third-order valence-electron chi connectivity index (χ3n) is 8.14. The standard InChI is InChI=1S/C28H34O2/c1-6-8-19-10-12-24(29)22(16-19)23-17-20(9-7-2)11-13-25(23)30-26-18-21-14-15-28(26,5)27(21,3)4/h6-7,10-13,16-17,21,26,29H,1-2,8-9,14-15,18H2,3-5H3/t21-,26-,28-/m1/s1. The number of rotatable bonds is 7. The monoisotopic (exact) mass is 402 g/mol. The fourth-order valence-corrected chi connectivity index (χ4v) is 5.74. The Balaban J connectivity index is 1.76. The van der Waals surface area contributed by atoms with E-state index >= 15 is 0 Å². The normalized spacial score (nSPS) is 26.5. The maximum atomic E-state index is 10.7. The molecule has 2 aliphatic rings. The third kappa shape index (κ3) is 3.27. The minimum Gasteiger partial charge on any atom is -0.507 e. The Labute approximate surface area is 181 Å². The number of phenolic OH excluding ortho intramolecular Hbond substituents is 1. The van der Waals surface area contributed by atoms with Crippen LogP contribution in [0.2, 0.25) is 0 Å². The lowest BCUT2D eigenvalue weighted by Crippen LogP contribution is -2.38. The van der Waals surface area contributed by atoms with Crippen LogP contribution in [-0.2, 0) is 12.8 Å². The highest BCUT2D eigenvalue weighted by molar-refractivity contribution is 5.77. The summed E-state index contributed by atoms with van der Waals surface area (Å²) in [6.45, 7) is 14.9. The van der Waals surface area contributed by atoms with E-state index in [1.165, 1.54) is 18.4 Å². The summed E-state index contributed by atoms with van der Waals surface area (Å²) >= 11 is 0. The minimum atomic E-state index is 0.182. The molecule has 158 valence electrons. The van der Waals surface area contributed by atoms with E-state index in [0.717, 1.165) is 47.6 Å². The first-order valence-corrected chi connectivity index (χ1v) is 11.1. The first-order chi connectivity index (χ1) is 14.3. The number of fused-ring (bicyclic) bond motifs is 2. The van der Waals surface area contributed by atoms with Crippen molar-refractivity contribution < 1.29 is 9.84 Å². The number of allylic oxidation sites excluding steroid dienone is 2. The van der Waals surface area contributed by atoms with Crippen LogP contribution in [-0.4, -0.2) is 11.2 Å². The van der Waals surface area contributed by atoms with Gasteiger partial charge in [-0.15, -0.1) is 13.2 Å². The van der Waals surface area contributed by atoms with Gasteiger partial charge in [-0.25, -0.2) is 0 Å². The van der Waals surface area contributed by atoms with Crippen LogP contribution in [0, 0.1) is 16.7 Å². The SMILES string of the molecule is C=CCc1ccc(O)c(-c2cc(CC=C)ccc2O[C@@H]2C[C@H]3CC[C@@]2(C)C3(C)C)c1. The molecule has 2 aromatic rings. The van der Waals surface area contributed by atoms with Gasteiger partial charge in [0.25, 0.3) is 0 Å². The zero-order valence-corrected chi connectivity index (χ0v) is 18.6. The molecule has 0 amide bonds. The average molecular weight is 403 g/mol. The summed E-state index contributed by atoms with van der Waals surface area (Å²) in [4.78, 5) is 0. The van der Waals surface area contributed by atoms with Gasteiger partial charge in [0.15, 0.2) is 0 Å². The molecule has 2 fully saturated rings. The van der Waals surface area contributed by atoms with Crippen LogP contribution in [0.3, 0.4) is 0 Å². The van der Waals surface area contributed by atoms with Crippen molar-refractivity contribution in [1.82, 2.24) is 0 Å². The Bertz CT molecular complexity index is 971. The van der Waals surface area contributed by atoms with Gasteiger partial charge >= 0.3 is 0 Å². The summed E-state index contributed by atoms with van der Waals surface area (Å²) in [6, 6.07) is 12.1. The molecule has 2 heteroatoms. The van der Waals surface area contributed by atoms with Gasteiger partial charge in [0.05, 0.1) is 0 Å². The average Bonchev–Trinajstić information content (AvgIpc) is 3.04. The van der Waals surface area contributed by atoms with Gasteiger partial charge in [0, 0.05) is 16.5 Å². The Hall–Kier alpha value is -2.48. The van der Waals surface area contributed by atoms with E-state index in [0.29, 0.717) is 5.41 Å². The zero-order valence-electron chi connectivity index (χ0n) is 18.6. The van der Waals surface area contributed by atoms with E-state index in [1.54, 1.807) is 6.07 Å². The first-order valence-electron chi connectivity index (χ1n) is 11.1. The smallest absolute Gasteiger partial charge is 0.127 e. The molecule has 0 spiro atoms. The van der Waals surface area contributed by atoms with Gasteiger partial charge in [0.2, 0.25) is 0 Å². The topological polar surface area (TPSA) is 29.5 Å². The van der Waals surface area contributed by atoms with Crippen LogP contribution >= 0.6 is 0 Å². The fraction of sp³-hybridized carbons (Fsp3) is 0.429. The maximum Gasteiger partial charge on any atom is 0.127 e. The Morgan fingerprint density at radius 3 is 2.20 bits per heavy atom. The number of ether oxygens (including phenoxy) is 1. The molecule has 2 aliphatic carbocycles. The van der Waals surface area contributed by atoms with Crippen molar-refractivity contribution in [3.05, 3.63) is 72.8 Å². The molecule has 0 radical (unpaired) electrons. The van der Waals surface area contributed by atoms with Crippen LogP contribution in [0.5, 0.6) is 11.5 Å². The van der Waals surface area contributed by atoms with E-state index in [4.69, 9.17) is 4.74 Å². The summed E-state index contributed by atoms with van der Waals surface area (Å²) in [5.41, 5.74) is 4.56. The van der Waals surface area contributed by atoms with E-state index < -0.39 is 0 Å². The Morgan fingerprint density at radius 2 is 1.63 bits per heavy atom. The minimum absolute atomic E-state index is 0.182. The molecular formula is C28H34O2. The van der Waals surface area contributed by atoms with E-state index in [2.05, 4.69) is 58.2 Å². The molecule has 4 rings (SSSR count). The predicted octanol–water partition coefficient (Wildman–Crippen LogP) is 7.11. The molecule has 1 N–H and O–H groups in total. The van der Waals surface area contributed by atoms with Crippen LogP contribution in [0.1, 0.15) is 51.2 Å². The summed E-state index contributed by atoms with van der Waals surface area (Å²) in [5.74, 6) is 1.87. The number of phenols is 1. The van der Waals surface area contributed by atoms with Crippen molar-refractivity contribution in [1.29, 1.82) is 0 Å². The zero-order chi connectivity index (χ0) is 21.5. The largest absolute Gasteiger partial charge is 0.507 e. The molecule has 0 unspecified atom stereocenters. The quantitative estimate of drug-likeness (QED) is 0.500. The highest BCUT2D eigenvalue weighted by Gasteiger charge is 2.62. The van der Waals surface area contributed by atoms with Gasteiger partial charge in [-0.1, -0.05) is 45.1 Å². The first kappa shape index (κ1) is 20.8. The molecule has 2 aromatic carbocycles. The van der Waals surface area contributed by atoms with Crippen molar-refractivity contribution in [2.24, 2.45) is 16.7 Å². The summed E-state index contributed by atoms with van der Waals surface area (Å²) in [6.07, 6.45) is 9.20. The van der Waals surface area contributed by atoms with E-state index in [9.17, 15) is 5.11 Å². The second-order valence-electron chi connectivity index (χ2n) is 9.88. The van der Waals surface area contributed by atoms with Crippen molar-refractivity contribution in [2.75, 3.05) is 0 Å². The van der Waals surface area contributed by atoms with Gasteiger partial charge in [-0.2, -0.15) is 0 Å².